The standard InChI is InChI=1S/C18H25ClN6O/c1-13-3-4-14(11-15(13)19)24-18-16(20)17(22-12-23-18)21-5-2-6-25-7-9-26-10-8-25/h3-4,11-12H,2,5-10,20H2,1H3,(H2,21,22,23,24). The van der Waals surface area contributed by atoms with Crippen molar-refractivity contribution in [2.45, 2.75) is 13.3 Å². The van der Waals surface area contributed by atoms with E-state index >= 15 is 0 Å². The van der Waals surface area contributed by atoms with Crippen LogP contribution in [-0.2, 0) is 4.74 Å². The van der Waals surface area contributed by atoms with Crippen LogP contribution in [0.4, 0.5) is 23.0 Å². The number of aryl methyl sites for hydroxylation is 1. The molecule has 0 amide bonds. The fourth-order valence-corrected chi connectivity index (χ4v) is 2.96. The van der Waals surface area contributed by atoms with Crippen LogP contribution in [0.1, 0.15) is 12.0 Å². The second-order valence-electron chi connectivity index (χ2n) is 6.31. The average Bonchev–Trinajstić information content (AvgIpc) is 2.65. The van der Waals surface area contributed by atoms with Gasteiger partial charge in [-0.1, -0.05) is 17.7 Å². The summed E-state index contributed by atoms with van der Waals surface area (Å²) in [4.78, 5) is 10.9. The molecule has 0 unspecified atom stereocenters. The summed E-state index contributed by atoms with van der Waals surface area (Å²) in [6, 6.07) is 5.75. The van der Waals surface area contributed by atoms with Gasteiger partial charge < -0.3 is 21.1 Å². The summed E-state index contributed by atoms with van der Waals surface area (Å²) < 4.78 is 5.36. The van der Waals surface area contributed by atoms with Crippen molar-refractivity contribution in [3.63, 3.8) is 0 Å². The molecule has 1 aromatic carbocycles. The molecule has 1 fully saturated rings. The summed E-state index contributed by atoms with van der Waals surface area (Å²) in [5.74, 6) is 1.21. The lowest BCUT2D eigenvalue weighted by atomic mass is 10.2. The first-order valence-electron chi connectivity index (χ1n) is 8.81. The van der Waals surface area contributed by atoms with Gasteiger partial charge in [0.1, 0.15) is 12.0 Å². The van der Waals surface area contributed by atoms with Crippen LogP contribution in [0.15, 0.2) is 24.5 Å². The van der Waals surface area contributed by atoms with Gasteiger partial charge in [0.15, 0.2) is 11.6 Å². The minimum absolute atomic E-state index is 0.496. The van der Waals surface area contributed by atoms with Crippen LogP contribution < -0.4 is 16.4 Å². The monoisotopic (exact) mass is 376 g/mol. The molecule has 1 saturated heterocycles. The number of nitrogens with two attached hydrogens (primary N) is 1. The molecule has 3 rings (SSSR count). The fourth-order valence-electron chi connectivity index (χ4n) is 2.78. The van der Waals surface area contributed by atoms with Crippen LogP contribution in [0.2, 0.25) is 5.02 Å². The number of nitrogens with one attached hydrogen (secondary N) is 2. The van der Waals surface area contributed by atoms with Crippen LogP contribution >= 0.6 is 11.6 Å². The molecule has 4 N–H and O–H groups in total. The first kappa shape index (κ1) is 18.7. The Hall–Kier alpha value is -2.09. The zero-order valence-corrected chi connectivity index (χ0v) is 15.7. The molecule has 140 valence electrons. The molecule has 26 heavy (non-hydrogen) atoms. The number of hydrogen-bond donors (Lipinski definition) is 3. The Morgan fingerprint density at radius 1 is 1.23 bits per heavy atom. The van der Waals surface area contributed by atoms with Crippen LogP contribution in [0.5, 0.6) is 0 Å². The number of aromatic nitrogens is 2. The van der Waals surface area contributed by atoms with Gasteiger partial charge in [-0.25, -0.2) is 9.97 Å². The minimum Gasteiger partial charge on any atom is -0.393 e. The summed E-state index contributed by atoms with van der Waals surface area (Å²) in [7, 11) is 0. The number of rotatable bonds is 7. The van der Waals surface area contributed by atoms with E-state index in [1.807, 2.05) is 25.1 Å². The number of halogens is 1. The third-order valence-electron chi connectivity index (χ3n) is 4.37. The van der Waals surface area contributed by atoms with Crippen molar-refractivity contribution in [2.24, 2.45) is 0 Å². The van der Waals surface area contributed by atoms with Gasteiger partial charge >= 0.3 is 0 Å². The molecule has 0 radical (unpaired) electrons. The van der Waals surface area contributed by atoms with Gasteiger partial charge in [0.05, 0.1) is 13.2 Å². The molecule has 0 atom stereocenters. The molecule has 1 aliphatic heterocycles. The topological polar surface area (TPSA) is 88.3 Å². The second kappa shape index (κ2) is 9.02. The number of hydrogen-bond acceptors (Lipinski definition) is 7. The van der Waals surface area contributed by atoms with E-state index in [4.69, 9.17) is 22.1 Å². The predicted molar refractivity (Wildman–Crippen MR) is 106 cm³/mol. The van der Waals surface area contributed by atoms with Gasteiger partial charge in [-0.05, 0) is 37.6 Å². The highest BCUT2D eigenvalue weighted by atomic mass is 35.5. The third-order valence-corrected chi connectivity index (χ3v) is 4.77. The smallest absolute Gasteiger partial charge is 0.159 e. The Bertz CT molecular complexity index is 736. The molecule has 7 nitrogen and oxygen atoms in total. The normalized spacial score (nSPS) is 15.0. The van der Waals surface area contributed by atoms with E-state index in [0.717, 1.165) is 57.1 Å². The molecule has 0 saturated carbocycles. The van der Waals surface area contributed by atoms with Crippen molar-refractivity contribution in [3.05, 3.63) is 35.1 Å². The van der Waals surface area contributed by atoms with Crippen LogP contribution in [0.3, 0.4) is 0 Å². The van der Waals surface area contributed by atoms with E-state index < -0.39 is 0 Å². The third kappa shape index (κ3) is 4.97. The predicted octanol–water partition coefficient (Wildman–Crippen LogP) is 2.90. The number of morpholine rings is 1. The van der Waals surface area contributed by atoms with E-state index in [9.17, 15) is 0 Å². The van der Waals surface area contributed by atoms with E-state index in [-0.39, 0.29) is 0 Å². The maximum atomic E-state index is 6.21. The van der Waals surface area contributed by atoms with E-state index in [1.54, 1.807) is 0 Å². The minimum atomic E-state index is 0.496. The van der Waals surface area contributed by atoms with Crippen LogP contribution in [0.25, 0.3) is 0 Å². The van der Waals surface area contributed by atoms with Crippen LogP contribution in [0, 0.1) is 6.92 Å². The molecule has 8 heteroatoms. The molecule has 2 heterocycles. The van der Waals surface area contributed by atoms with E-state index in [0.29, 0.717) is 22.3 Å². The molecule has 0 aliphatic carbocycles. The Balaban J connectivity index is 1.55. The Labute approximate surface area is 158 Å². The lowest BCUT2D eigenvalue weighted by Gasteiger charge is -2.26. The van der Waals surface area contributed by atoms with Crippen molar-refractivity contribution < 1.29 is 4.74 Å². The zero-order valence-electron chi connectivity index (χ0n) is 15.0. The van der Waals surface area contributed by atoms with Gasteiger partial charge in [0.25, 0.3) is 0 Å². The lowest BCUT2D eigenvalue weighted by Crippen LogP contribution is -2.37. The highest BCUT2D eigenvalue weighted by Gasteiger charge is 2.11. The van der Waals surface area contributed by atoms with Crippen LogP contribution in [-0.4, -0.2) is 54.3 Å². The number of ether oxygens (including phenoxy) is 1. The number of nitrogens with zero attached hydrogens (tertiary/aromatic N) is 3. The fraction of sp³-hybridized carbons (Fsp3) is 0.444. The highest BCUT2D eigenvalue weighted by Crippen LogP contribution is 2.27. The van der Waals surface area contributed by atoms with Crippen molar-refractivity contribution in [3.8, 4) is 0 Å². The Morgan fingerprint density at radius 3 is 2.77 bits per heavy atom. The van der Waals surface area contributed by atoms with Crippen molar-refractivity contribution in [2.75, 3.05) is 55.8 Å². The molecule has 2 aromatic rings. The van der Waals surface area contributed by atoms with E-state index in [2.05, 4.69) is 25.5 Å². The van der Waals surface area contributed by atoms with Gasteiger partial charge in [-0.2, -0.15) is 0 Å². The highest BCUT2D eigenvalue weighted by molar-refractivity contribution is 6.31. The van der Waals surface area contributed by atoms with Crippen molar-refractivity contribution >= 4 is 34.6 Å². The average molecular weight is 377 g/mol. The Kier molecular flexibility index (Phi) is 6.49. The zero-order chi connectivity index (χ0) is 18.4. The summed E-state index contributed by atoms with van der Waals surface area (Å²) in [6.07, 6.45) is 2.51. The molecule has 0 spiro atoms. The first-order valence-corrected chi connectivity index (χ1v) is 9.19. The quantitative estimate of drug-likeness (QED) is 0.640. The van der Waals surface area contributed by atoms with Crippen molar-refractivity contribution in [1.82, 2.24) is 14.9 Å². The number of benzene rings is 1. The maximum absolute atomic E-state index is 6.21. The summed E-state index contributed by atoms with van der Waals surface area (Å²) in [5.41, 5.74) is 8.57. The van der Waals surface area contributed by atoms with Gasteiger partial charge in [0, 0.05) is 30.3 Å². The first-order chi connectivity index (χ1) is 12.6. The molecular weight excluding hydrogens is 352 g/mol. The van der Waals surface area contributed by atoms with Gasteiger partial charge in [0.2, 0.25) is 0 Å². The van der Waals surface area contributed by atoms with E-state index in [1.165, 1.54) is 6.33 Å². The lowest BCUT2D eigenvalue weighted by molar-refractivity contribution is 0.0378. The molecule has 1 aromatic heterocycles. The summed E-state index contributed by atoms with van der Waals surface area (Å²) in [6.45, 7) is 7.45. The van der Waals surface area contributed by atoms with Gasteiger partial charge in [-0.15, -0.1) is 0 Å². The SMILES string of the molecule is Cc1ccc(Nc2ncnc(NCCCN3CCOCC3)c2N)cc1Cl. The molecule has 1 aliphatic rings. The molecular formula is C18H25ClN6O. The summed E-state index contributed by atoms with van der Waals surface area (Å²) in [5, 5.41) is 7.20. The number of nitrogen functional groups attached to an aromatic ring is 1. The van der Waals surface area contributed by atoms with Crippen molar-refractivity contribution in [1.29, 1.82) is 0 Å². The largest absolute Gasteiger partial charge is 0.393 e. The van der Waals surface area contributed by atoms with Gasteiger partial charge in [-0.3, -0.25) is 4.90 Å². The number of anilines is 4. The Morgan fingerprint density at radius 2 is 2.00 bits per heavy atom. The summed E-state index contributed by atoms with van der Waals surface area (Å²) >= 11 is 6.17. The maximum Gasteiger partial charge on any atom is 0.159 e. The second-order valence-corrected chi connectivity index (χ2v) is 6.72. The molecule has 0 bridgehead atoms.